The molecule has 0 bridgehead atoms. The van der Waals surface area contributed by atoms with Crippen LogP contribution in [0.3, 0.4) is 0 Å². The van der Waals surface area contributed by atoms with E-state index in [0.29, 0.717) is 12.8 Å². The van der Waals surface area contributed by atoms with E-state index in [-0.39, 0.29) is 12.3 Å². The van der Waals surface area contributed by atoms with Crippen molar-refractivity contribution in [3.05, 3.63) is 0 Å². The van der Waals surface area contributed by atoms with Crippen molar-refractivity contribution in [3.8, 4) is 0 Å². The van der Waals surface area contributed by atoms with Gasteiger partial charge in [0.05, 0.1) is 5.60 Å². The van der Waals surface area contributed by atoms with Crippen molar-refractivity contribution in [2.45, 2.75) is 31.8 Å². The van der Waals surface area contributed by atoms with Crippen molar-refractivity contribution in [1.29, 1.82) is 0 Å². The van der Waals surface area contributed by atoms with Crippen LogP contribution in [0.1, 0.15) is 26.2 Å². The zero-order chi connectivity index (χ0) is 9.90. The number of piperidine rings is 1. The summed E-state index contributed by atoms with van der Waals surface area (Å²) >= 11 is 0. The average Bonchev–Trinajstić information content (AvgIpc) is 2.07. The number of carboxylic acid groups (broad SMARTS) is 1. The molecule has 76 valence electrons. The maximum atomic E-state index is 10.4. The number of nitrogens with one attached hydrogen (secondary N) is 1. The summed E-state index contributed by atoms with van der Waals surface area (Å²) in [6, 6.07) is 0. The van der Waals surface area contributed by atoms with E-state index in [4.69, 9.17) is 5.11 Å². The third-order valence-corrected chi connectivity index (χ3v) is 2.87. The van der Waals surface area contributed by atoms with E-state index < -0.39 is 11.6 Å². The van der Waals surface area contributed by atoms with Crippen LogP contribution in [0.25, 0.3) is 0 Å². The van der Waals surface area contributed by atoms with Gasteiger partial charge < -0.3 is 15.5 Å². The molecule has 13 heavy (non-hydrogen) atoms. The fourth-order valence-electron chi connectivity index (χ4n) is 1.75. The molecule has 0 saturated carbocycles. The van der Waals surface area contributed by atoms with Gasteiger partial charge in [0, 0.05) is 13.0 Å². The molecular formula is C9H17NO3. The second-order valence-corrected chi connectivity index (χ2v) is 3.85. The zero-order valence-corrected chi connectivity index (χ0v) is 7.92. The van der Waals surface area contributed by atoms with Gasteiger partial charge in [0.2, 0.25) is 0 Å². The molecular weight excluding hydrogens is 170 g/mol. The van der Waals surface area contributed by atoms with Crippen molar-refractivity contribution >= 4 is 5.97 Å². The van der Waals surface area contributed by atoms with E-state index in [1.54, 1.807) is 0 Å². The van der Waals surface area contributed by atoms with Gasteiger partial charge in [0.25, 0.3) is 0 Å². The van der Waals surface area contributed by atoms with E-state index >= 15 is 0 Å². The Bertz CT molecular complexity index is 195. The molecule has 2 unspecified atom stereocenters. The Morgan fingerprint density at radius 2 is 2.38 bits per heavy atom. The predicted molar refractivity (Wildman–Crippen MR) is 48.5 cm³/mol. The quantitative estimate of drug-likeness (QED) is 0.591. The fraction of sp³-hybridized carbons (Fsp3) is 0.889. The van der Waals surface area contributed by atoms with Crippen LogP contribution in [0.4, 0.5) is 0 Å². The highest BCUT2D eigenvalue weighted by molar-refractivity contribution is 5.66. The second-order valence-electron chi connectivity index (χ2n) is 3.85. The average molecular weight is 187 g/mol. The summed E-state index contributed by atoms with van der Waals surface area (Å²) in [5.74, 6) is -0.695. The second kappa shape index (κ2) is 4.07. The molecule has 0 amide bonds. The van der Waals surface area contributed by atoms with Gasteiger partial charge >= 0.3 is 5.97 Å². The summed E-state index contributed by atoms with van der Waals surface area (Å²) in [6.45, 7) is 3.50. The molecule has 1 rings (SSSR count). The van der Waals surface area contributed by atoms with Crippen LogP contribution < -0.4 is 5.32 Å². The van der Waals surface area contributed by atoms with Gasteiger partial charge in [-0.1, -0.05) is 6.92 Å². The van der Waals surface area contributed by atoms with Gasteiger partial charge in [0.1, 0.15) is 0 Å². The molecule has 0 aromatic carbocycles. The van der Waals surface area contributed by atoms with Crippen LogP contribution in [-0.4, -0.2) is 34.9 Å². The van der Waals surface area contributed by atoms with Crippen LogP contribution in [0.2, 0.25) is 0 Å². The van der Waals surface area contributed by atoms with Crippen molar-refractivity contribution in [2.24, 2.45) is 5.92 Å². The molecule has 0 aromatic rings. The number of hydrogen-bond acceptors (Lipinski definition) is 3. The van der Waals surface area contributed by atoms with Crippen LogP contribution >= 0.6 is 0 Å². The van der Waals surface area contributed by atoms with E-state index in [2.05, 4.69) is 5.32 Å². The van der Waals surface area contributed by atoms with Crippen molar-refractivity contribution in [1.82, 2.24) is 5.32 Å². The van der Waals surface area contributed by atoms with Crippen molar-refractivity contribution < 1.29 is 15.0 Å². The first-order valence-corrected chi connectivity index (χ1v) is 4.69. The Kier molecular flexibility index (Phi) is 3.27. The molecule has 0 spiro atoms. The SMILES string of the molecule is CC1CNCCC1(O)CCC(=O)O. The Balaban J connectivity index is 2.46. The summed E-state index contributed by atoms with van der Waals surface area (Å²) in [5, 5.41) is 21.8. The van der Waals surface area contributed by atoms with Crippen LogP contribution in [0, 0.1) is 5.92 Å². The Hall–Kier alpha value is -0.610. The third kappa shape index (κ3) is 2.67. The Morgan fingerprint density at radius 1 is 1.69 bits per heavy atom. The van der Waals surface area contributed by atoms with Crippen LogP contribution in [-0.2, 0) is 4.79 Å². The summed E-state index contributed by atoms with van der Waals surface area (Å²) in [6.07, 6.45) is 1.08. The molecule has 2 atom stereocenters. The number of hydrogen-bond donors (Lipinski definition) is 3. The van der Waals surface area contributed by atoms with Gasteiger partial charge in [0.15, 0.2) is 0 Å². The lowest BCUT2D eigenvalue weighted by Gasteiger charge is -2.38. The van der Waals surface area contributed by atoms with Crippen LogP contribution in [0.15, 0.2) is 0 Å². The molecule has 3 N–H and O–H groups in total. The molecule has 1 heterocycles. The molecule has 4 nitrogen and oxygen atoms in total. The number of rotatable bonds is 3. The normalized spacial score (nSPS) is 34.5. The smallest absolute Gasteiger partial charge is 0.303 e. The van der Waals surface area contributed by atoms with Gasteiger partial charge in [-0.2, -0.15) is 0 Å². The number of aliphatic carboxylic acids is 1. The van der Waals surface area contributed by atoms with Crippen LogP contribution in [0.5, 0.6) is 0 Å². The monoisotopic (exact) mass is 187 g/mol. The molecule has 0 radical (unpaired) electrons. The summed E-state index contributed by atoms with van der Waals surface area (Å²) in [5.41, 5.74) is -0.774. The minimum absolute atomic E-state index is 0.0564. The Labute approximate surface area is 78.0 Å². The fourth-order valence-corrected chi connectivity index (χ4v) is 1.75. The van der Waals surface area contributed by atoms with Gasteiger partial charge in [-0.3, -0.25) is 4.79 Å². The third-order valence-electron chi connectivity index (χ3n) is 2.87. The first-order chi connectivity index (χ1) is 6.04. The highest BCUT2D eigenvalue weighted by atomic mass is 16.4. The molecule has 1 saturated heterocycles. The van der Waals surface area contributed by atoms with Gasteiger partial charge in [-0.15, -0.1) is 0 Å². The lowest BCUT2D eigenvalue weighted by Crippen LogP contribution is -2.49. The van der Waals surface area contributed by atoms with Gasteiger partial charge in [-0.25, -0.2) is 0 Å². The zero-order valence-electron chi connectivity index (χ0n) is 7.92. The number of aliphatic hydroxyl groups is 1. The minimum atomic E-state index is -0.834. The lowest BCUT2D eigenvalue weighted by atomic mass is 9.79. The highest BCUT2D eigenvalue weighted by Gasteiger charge is 2.35. The topological polar surface area (TPSA) is 69.6 Å². The molecule has 4 heteroatoms. The lowest BCUT2D eigenvalue weighted by molar-refractivity contribution is -0.139. The molecule has 1 aliphatic heterocycles. The molecule has 1 aliphatic rings. The molecule has 0 aliphatic carbocycles. The predicted octanol–water partition coefficient (Wildman–Crippen LogP) is 0.212. The van der Waals surface area contributed by atoms with Crippen molar-refractivity contribution in [2.75, 3.05) is 13.1 Å². The van der Waals surface area contributed by atoms with Gasteiger partial charge in [-0.05, 0) is 25.3 Å². The minimum Gasteiger partial charge on any atom is -0.481 e. The van der Waals surface area contributed by atoms with Crippen molar-refractivity contribution in [3.63, 3.8) is 0 Å². The first-order valence-electron chi connectivity index (χ1n) is 4.69. The van der Waals surface area contributed by atoms with E-state index in [1.807, 2.05) is 6.92 Å². The maximum Gasteiger partial charge on any atom is 0.303 e. The maximum absolute atomic E-state index is 10.4. The van der Waals surface area contributed by atoms with E-state index in [0.717, 1.165) is 13.1 Å². The standard InChI is InChI=1S/C9H17NO3/c1-7-6-10-5-4-9(7,13)3-2-8(11)12/h7,10,13H,2-6H2,1H3,(H,11,12). The highest BCUT2D eigenvalue weighted by Crippen LogP contribution is 2.28. The Morgan fingerprint density at radius 3 is 2.92 bits per heavy atom. The van der Waals surface area contributed by atoms with E-state index in [9.17, 15) is 9.90 Å². The number of carboxylic acids is 1. The molecule has 0 aromatic heterocycles. The summed E-state index contributed by atoms with van der Waals surface area (Å²) < 4.78 is 0. The van der Waals surface area contributed by atoms with E-state index in [1.165, 1.54) is 0 Å². The molecule has 1 fully saturated rings. The summed E-state index contributed by atoms with van der Waals surface area (Å²) in [4.78, 5) is 10.4. The summed E-state index contributed by atoms with van der Waals surface area (Å²) in [7, 11) is 0. The number of carbonyl (C=O) groups is 1. The first kappa shape index (κ1) is 10.5. The largest absolute Gasteiger partial charge is 0.481 e.